The zero-order valence-electron chi connectivity index (χ0n) is 13.6. The number of methoxy groups -OCH3 is 1. The molecule has 0 unspecified atom stereocenters. The van der Waals surface area contributed by atoms with E-state index in [2.05, 4.69) is 10.0 Å². The molecule has 0 atom stereocenters. The summed E-state index contributed by atoms with van der Waals surface area (Å²) in [5.41, 5.74) is 0.311. The van der Waals surface area contributed by atoms with Gasteiger partial charge in [0.25, 0.3) is 0 Å². The Morgan fingerprint density at radius 3 is 2.61 bits per heavy atom. The molecule has 0 amide bonds. The molecule has 0 bridgehead atoms. The van der Waals surface area contributed by atoms with E-state index in [9.17, 15) is 18.3 Å². The van der Waals surface area contributed by atoms with Crippen molar-refractivity contribution in [1.29, 1.82) is 0 Å². The van der Waals surface area contributed by atoms with Crippen LogP contribution >= 0.6 is 0 Å². The molecule has 0 saturated heterocycles. The van der Waals surface area contributed by atoms with Gasteiger partial charge in [0.2, 0.25) is 10.0 Å². The predicted molar refractivity (Wildman–Crippen MR) is 88.4 cm³/mol. The molecule has 0 spiro atoms. The Morgan fingerprint density at radius 2 is 2.04 bits per heavy atom. The molecule has 8 heteroatoms. The lowest BCUT2D eigenvalue weighted by molar-refractivity contribution is 0.0697. The fraction of sp³-hybridized carbons (Fsp3) is 0.533. The van der Waals surface area contributed by atoms with Crippen LogP contribution in [0.25, 0.3) is 0 Å². The van der Waals surface area contributed by atoms with Crippen molar-refractivity contribution < 1.29 is 23.1 Å². The van der Waals surface area contributed by atoms with Crippen LogP contribution in [-0.4, -0.2) is 46.3 Å². The molecule has 130 valence electrons. The monoisotopic (exact) mass is 344 g/mol. The van der Waals surface area contributed by atoms with Crippen LogP contribution in [0.15, 0.2) is 23.1 Å². The summed E-state index contributed by atoms with van der Waals surface area (Å²) in [5, 5.41) is 12.3. The van der Waals surface area contributed by atoms with E-state index < -0.39 is 16.0 Å². The SMILES string of the molecule is COCCCNc1ccc(S(=O)(=O)NCC(C)C)cc1C(=O)O. The fourth-order valence-corrected chi connectivity index (χ4v) is 3.06. The molecular weight excluding hydrogens is 320 g/mol. The highest BCUT2D eigenvalue weighted by atomic mass is 32.2. The van der Waals surface area contributed by atoms with E-state index in [1.54, 1.807) is 7.11 Å². The molecule has 0 fully saturated rings. The molecule has 1 rings (SSSR count). The highest BCUT2D eigenvalue weighted by Crippen LogP contribution is 2.21. The van der Waals surface area contributed by atoms with Gasteiger partial charge in [-0.15, -0.1) is 0 Å². The molecule has 0 aromatic heterocycles. The molecular formula is C15H24N2O5S. The largest absolute Gasteiger partial charge is 0.478 e. The highest BCUT2D eigenvalue weighted by Gasteiger charge is 2.19. The molecule has 1 aromatic rings. The predicted octanol–water partition coefficient (Wildman–Crippen LogP) is 1.77. The van der Waals surface area contributed by atoms with Crippen LogP contribution in [-0.2, 0) is 14.8 Å². The van der Waals surface area contributed by atoms with Crippen LogP contribution in [0.3, 0.4) is 0 Å². The van der Waals surface area contributed by atoms with Gasteiger partial charge in [-0.25, -0.2) is 17.9 Å². The van der Waals surface area contributed by atoms with Crippen LogP contribution in [0.1, 0.15) is 30.6 Å². The molecule has 0 saturated carbocycles. The number of anilines is 1. The maximum Gasteiger partial charge on any atom is 0.337 e. The Balaban J connectivity index is 2.96. The Morgan fingerprint density at radius 1 is 1.35 bits per heavy atom. The lowest BCUT2D eigenvalue weighted by Crippen LogP contribution is -2.27. The van der Waals surface area contributed by atoms with Crippen molar-refractivity contribution in [2.24, 2.45) is 5.92 Å². The average Bonchev–Trinajstić information content (AvgIpc) is 2.49. The topological polar surface area (TPSA) is 105 Å². The second kappa shape index (κ2) is 8.85. The van der Waals surface area contributed by atoms with Gasteiger partial charge >= 0.3 is 5.97 Å². The van der Waals surface area contributed by atoms with Gasteiger partial charge in [0.05, 0.1) is 10.5 Å². The third-order valence-electron chi connectivity index (χ3n) is 3.05. The molecule has 0 aliphatic rings. The van der Waals surface area contributed by atoms with E-state index in [0.717, 1.165) is 0 Å². The molecule has 7 nitrogen and oxygen atoms in total. The van der Waals surface area contributed by atoms with Crippen LogP contribution in [0.2, 0.25) is 0 Å². The van der Waals surface area contributed by atoms with Crippen LogP contribution in [0.4, 0.5) is 5.69 Å². The quantitative estimate of drug-likeness (QED) is 0.559. The van der Waals surface area contributed by atoms with Gasteiger partial charge in [-0.05, 0) is 30.5 Å². The summed E-state index contributed by atoms with van der Waals surface area (Å²) in [6.07, 6.45) is 0.714. The maximum absolute atomic E-state index is 12.2. The van der Waals surface area contributed by atoms with Crippen molar-refractivity contribution in [1.82, 2.24) is 4.72 Å². The van der Waals surface area contributed by atoms with Crippen molar-refractivity contribution >= 4 is 21.7 Å². The van der Waals surface area contributed by atoms with Gasteiger partial charge in [0.15, 0.2) is 0 Å². The number of aromatic carboxylic acids is 1. The maximum atomic E-state index is 12.2. The second-order valence-corrected chi connectivity index (χ2v) is 7.30. The first-order valence-electron chi connectivity index (χ1n) is 7.37. The first-order valence-corrected chi connectivity index (χ1v) is 8.86. The number of sulfonamides is 1. The molecule has 23 heavy (non-hydrogen) atoms. The van der Waals surface area contributed by atoms with Gasteiger partial charge in [-0.3, -0.25) is 0 Å². The molecule has 0 radical (unpaired) electrons. The third kappa shape index (κ3) is 6.17. The number of rotatable bonds is 10. The molecule has 0 aliphatic heterocycles. The minimum Gasteiger partial charge on any atom is -0.478 e. The summed E-state index contributed by atoms with van der Waals surface area (Å²) in [6, 6.07) is 4.04. The van der Waals surface area contributed by atoms with Gasteiger partial charge in [-0.1, -0.05) is 13.8 Å². The third-order valence-corrected chi connectivity index (χ3v) is 4.48. The number of carboxylic acids is 1. The smallest absolute Gasteiger partial charge is 0.337 e. The molecule has 3 N–H and O–H groups in total. The number of ether oxygens (including phenoxy) is 1. The van der Waals surface area contributed by atoms with E-state index in [4.69, 9.17) is 4.74 Å². The van der Waals surface area contributed by atoms with Crippen molar-refractivity contribution in [2.75, 3.05) is 32.1 Å². The van der Waals surface area contributed by atoms with E-state index in [-0.39, 0.29) is 16.4 Å². The van der Waals surface area contributed by atoms with Crippen molar-refractivity contribution in [3.63, 3.8) is 0 Å². The van der Waals surface area contributed by atoms with Crippen molar-refractivity contribution in [3.05, 3.63) is 23.8 Å². The average molecular weight is 344 g/mol. The minimum absolute atomic E-state index is 0.0574. The van der Waals surface area contributed by atoms with E-state index in [1.165, 1.54) is 18.2 Å². The summed E-state index contributed by atoms with van der Waals surface area (Å²) in [7, 11) is -2.13. The zero-order chi connectivity index (χ0) is 17.5. The van der Waals surface area contributed by atoms with Crippen LogP contribution < -0.4 is 10.0 Å². The number of carbonyl (C=O) groups is 1. The lowest BCUT2D eigenvalue weighted by Gasteiger charge is -2.13. The van der Waals surface area contributed by atoms with Gasteiger partial charge in [-0.2, -0.15) is 0 Å². The molecule has 0 heterocycles. The summed E-state index contributed by atoms with van der Waals surface area (Å²) >= 11 is 0. The van der Waals surface area contributed by atoms with Gasteiger partial charge in [0, 0.05) is 32.5 Å². The first kappa shape index (κ1) is 19.4. The Hall–Kier alpha value is -1.64. The zero-order valence-corrected chi connectivity index (χ0v) is 14.4. The first-order chi connectivity index (χ1) is 10.8. The van der Waals surface area contributed by atoms with Crippen LogP contribution in [0, 0.1) is 5.92 Å². The number of nitrogens with one attached hydrogen (secondary N) is 2. The fourth-order valence-electron chi connectivity index (χ4n) is 1.82. The number of carboxylic acid groups (broad SMARTS) is 1. The van der Waals surface area contributed by atoms with E-state index in [0.29, 0.717) is 31.8 Å². The van der Waals surface area contributed by atoms with Crippen LogP contribution in [0.5, 0.6) is 0 Å². The number of benzene rings is 1. The van der Waals surface area contributed by atoms with E-state index >= 15 is 0 Å². The van der Waals surface area contributed by atoms with Gasteiger partial charge < -0.3 is 15.2 Å². The van der Waals surface area contributed by atoms with Gasteiger partial charge in [0.1, 0.15) is 0 Å². The minimum atomic E-state index is -3.72. The Bertz CT molecular complexity index is 629. The van der Waals surface area contributed by atoms with Crippen molar-refractivity contribution in [2.45, 2.75) is 25.2 Å². The second-order valence-electron chi connectivity index (χ2n) is 5.53. The Labute approximate surface area is 137 Å². The molecule has 1 aromatic carbocycles. The Kier molecular flexibility index (Phi) is 7.47. The summed E-state index contributed by atoms with van der Waals surface area (Å²) < 4.78 is 31.7. The van der Waals surface area contributed by atoms with E-state index in [1.807, 2.05) is 13.8 Å². The number of hydrogen-bond donors (Lipinski definition) is 3. The standard InChI is InChI=1S/C15H24N2O5S/c1-11(2)10-17-23(20,21)12-5-6-14(13(9-12)15(18)19)16-7-4-8-22-3/h5-6,9,11,16-17H,4,7-8,10H2,1-3H3,(H,18,19). The highest BCUT2D eigenvalue weighted by molar-refractivity contribution is 7.89. The normalized spacial score (nSPS) is 11.7. The summed E-state index contributed by atoms with van der Waals surface area (Å²) in [5.74, 6) is -1.02. The molecule has 0 aliphatic carbocycles. The van der Waals surface area contributed by atoms with Crippen molar-refractivity contribution in [3.8, 4) is 0 Å². The summed E-state index contributed by atoms with van der Waals surface area (Å²) in [4.78, 5) is 11.3. The number of hydrogen-bond acceptors (Lipinski definition) is 5. The summed E-state index contributed by atoms with van der Waals surface area (Å²) in [6.45, 7) is 5.16. The lowest BCUT2D eigenvalue weighted by atomic mass is 10.2.